The molecule has 0 aromatic carbocycles. The molecule has 20 heavy (non-hydrogen) atoms. The van der Waals surface area contributed by atoms with Crippen LogP contribution in [0.1, 0.15) is 31.9 Å². The molecule has 0 radical (unpaired) electrons. The molecular formula is C15H27N5. The van der Waals surface area contributed by atoms with Crippen LogP contribution in [0.4, 0.5) is 5.82 Å². The minimum absolute atomic E-state index is 0.314. The standard InChI is InChI=1S/C15H27N5/c1-5-16-9-13-10-17-11-14(18-13)20(4)12-15(19(2)3)7-6-8-15/h10-11,16H,5-9,12H2,1-4H3. The van der Waals surface area contributed by atoms with Crippen molar-refractivity contribution in [3.63, 3.8) is 0 Å². The number of anilines is 1. The summed E-state index contributed by atoms with van der Waals surface area (Å²) in [6.07, 6.45) is 7.57. The number of rotatable bonds is 7. The van der Waals surface area contributed by atoms with Gasteiger partial charge in [0.2, 0.25) is 0 Å². The molecule has 5 nitrogen and oxygen atoms in total. The van der Waals surface area contributed by atoms with Crippen LogP contribution in [0.3, 0.4) is 0 Å². The van der Waals surface area contributed by atoms with Crippen LogP contribution >= 0.6 is 0 Å². The average Bonchev–Trinajstić information content (AvgIpc) is 2.40. The highest BCUT2D eigenvalue weighted by molar-refractivity contribution is 5.36. The van der Waals surface area contributed by atoms with Gasteiger partial charge in [-0.2, -0.15) is 0 Å². The van der Waals surface area contributed by atoms with Crippen LogP contribution in [0.2, 0.25) is 0 Å². The van der Waals surface area contributed by atoms with E-state index in [1.54, 1.807) is 0 Å². The van der Waals surface area contributed by atoms with Gasteiger partial charge in [0.25, 0.3) is 0 Å². The molecular weight excluding hydrogens is 250 g/mol. The summed E-state index contributed by atoms with van der Waals surface area (Å²) in [4.78, 5) is 13.6. The fraction of sp³-hybridized carbons (Fsp3) is 0.733. The van der Waals surface area contributed by atoms with E-state index in [4.69, 9.17) is 4.98 Å². The summed E-state index contributed by atoms with van der Waals surface area (Å²) in [5, 5.41) is 3.29. The highest BCUT2D eigenvalue weighted by Crippen LogP contribution is 2.37. The lowest BCUT2D eigenvalue weighted by Crippen LogP contribution is -2.56. The predicted octanol–water partition coefficient (Wildman–Crippen LogP) is 1.51. The first-order valence-corrected chi connectivity index (χ1v) is 7.47. The molecule has 1 heterocycles. The summed E-state index contributed by atoms with van der Waals surface area (Å²) in [5.41, 5.74) is 1.32. The Balaban J connectivity index is 2.03. The zero-order chi connectivity index (χ0) is 14.6. The Bertz CT molecular complexity index is 428. The van der Waals surface area contributed by atoms with Gasteiger partial charge in [0.1, 0.15) is 5.82 Å². The molecule has 1 aromatic heterocycles. The van der Waals surface area contributed by atoms with Crippen molar-refractivity contribution in [2.24, 2.45) is 0 Å². The number of aromatic nitrogens is 2. The Morgan fingerprint density at radius 2 is 2.00 bits per heavy atom. The molecule has 2 rings (SSSR count). The second-order valence-electron chi connectivity index (χ2n) is 5.98. The van der Waals surface area contributed by atoms with E-state index in [0.717, 1.165) is 31.1 Å². The van der Waals surface area contributed by atoms with Gasteiger partial charge in [0, 0.05) is 31.9 Å². The van der Waals surface area contributed by atoms with Gasteiger partial charge in [-0.05, 0) is 39.9 Å². The second-order valence-corrected chi connectivity index (χ2v) is 5.98. The lowest BCUT2D eigenvalue weighted by Gasteiger charge is -2.49. The second kappa shape index (κ2) is 6.50. The van der Waals surface area contributed by atoms with Gasteiger partial charge in [0.15, 0.2) is 0 Å². The van der Waals surface area contributed by atoms with E-state index >= 15 is 0 Å². The van der Waals surface area contributed by atoms with Crippen molar-refractivity contribution in [1.29, 1.82) is 0 Å². The Morgan fingerprint density at radius 1 is 1.25 bits per heavy atom. The largest absolute Gasteiger partial charge is 0.357 e. The van der Waals surface area contributed by atoms with Gasteiger partial charge >= 0.3 is 0 Å². The fourth-order valence-electron chi connectivity index (χ4n) is 2.77. The summed E-state index contributed by atoms with van der Waals surface area (Å²) >= 11 is 0. The van der Waals surface area contributed by atoms with Crippen LogP contribution in [0.15, 0.2) is 12.4 Å². The minimum Gasteiger partial charge on any atom is -0.357 e. The van der Waals surface area contributed by atoms with Crippen molar-refractivity contribution in [3.8, 4) is 0 Å². The SMILES string of the molecule is CCNCc1cncc(N(C)CC2(N(C)C)CCC2)n1. The van der Waals surface area contributed by atoms with E-state index in [1.165, 1.54) is 19.3 Å². The van der Waals surface area contributed by atoms with E-state index < -0.39 is 0 Å². The van der Waals surface area contributed by atoms with Gasteiger partial charge in [0.05, 0.1) is 11.9 Å². The van der Waals surface area contributed by atoms with Gasteiger partial charge < -0.3 is 15.1 Å². The predicted molar refractivity (Wildman–Crippen MR) is 83.0 cm³/mol. The summed E-state index contributed by atoms with van der Waals surface area (Å²) in [7, 11) is 6.48. The molecule has 1 fully saturated rings. The summed E-state index contributed by atoms with van der Waals surface area (Å²) < 4.78 is 0. The molecule has 5 heteroatoms. The molecule has 1 aliphatic carbocycles. The molecule has 0 bridgehead atoms. The molecule has 0 amide bonds. The average molecular weight is 277 g/mol. The van der Waals surface area contributed by atoms with Gasteiger partial charge in [-0.15, -0.1) is 0 Å². The third kappa shape index (κ3) is 3.27. The van der Waals surface area contributed by atoms with E-state index in [1.807, 2.05) is 12.4 Å². The first-order chi connectivity index (χ1) is 9.57. The fourth-order valence-corrected chi connectivity index (χ4v) is 2.77. The van der Waals surface area contributed by atoms with Crippen LogP contribution < -0.4 is 10.2 Å². The molecule has 1 N–H and O–H groups in total. The Hall–Kier alpha value is -1.20. The van der Waals surface area contributed by atoms with Crippen molar-refractivity contribution >= 4 is 5.82 Å². The van der Waals surface area contributed by atoms with Crippen LogP contribution in [0.5, 0.6) is 0 Å². The van der Waals surface area contributed by atoms with E-state index in [2.05, 4.69) is 48.2 Å². The van der Waals surface area contributed by atoms with Gasteiger partial charge in [-0.1, -0.05) is 6.92 Å². The first kappa shape index (κ1) is 15.2. The minimum atomic E-state index is 0.314. The van der Waals surface area contributed by atoms with Crippen molar-refractivity contribution < 1.29 is 0 Å². The molecule has 0 atom stereocenters. The lowest BCUT2D eigenvalue weighted by molar-refractivity contribution is 0.0681. The highest BCUT2D eigenvalue weighted by atomic mass is 15.3. The third-order valence-electron chi connectivity index (χ3n) is 4.38. The zero-order valence-electron chi connectivity index (χ0n) is 13.2. The van der Waals surface area contributed by atoms with Crippen molar-refractivity contribution in [1.82, 2.24) is 20.2 Å². The quantitative estimate of drug-likeness (QED) is 0.818. The molecule has 1 aromatic rings. The Labute approximate surface area is 122 Å². The number of nitrogens with one attached hydrogen (secondary N) is 1. The molecule has 1 aliphatic rings. The molecule has 0 spiro atoms. The summed E-state index contributed by atoms with van der Waals surface area (Å²) in [5.74, 6) is 0.966. The maximum Gasteiger partial charge on any atom is 0.147 e. The Kier molecular flexibility index (Phi) is 4.94. The van der Waals surface area contributed by atoms with Gasteiger partial charge in [-0.3, -0.25) is 4.98 Å². The van der Waals surface area contributed by atoms with E-state index in [-0.39, 0.29) is 0 Å². The first-order valence-electron chi connectivity index (χ1n) is 7.47. The van der Waals surface area contributed by atoms with Crippen molar-refractivity contribution in [3.05, 3.63) is 18.1 Å². The zero-order valence-corrected chi connectivity index (χ0v) is 13.2. The normalized spacial score (nSPS) is 17.1. The third-order valence-corrected chi connectivity index (χ3v) is 4.38. The molecule has 112 valence electrons. The molecule has 0 unspecified atom stereocenters. The molecule has 0 saturated heterocycles. The number of hydrogen-bond acceptors (Lipinski definition) is 5. The maximum absolute atomic E-state index is 4.69. The summed E-state index contributed by atoms with van der Waals surface area (Å²) in [6.45, 7) is 4.84. The molecule has 1 saturated carbocycles. The topological polar surface area (TPSA) is 44.3 Å². The monoisotopic (exact) mass is 277 g/mol. The number of nitrogens with zero attached hydrogens (tertiary/aromatic N) is 4. The van der Waals surface area contributed by atoms with Crippen LogP contribution in [-0.2, 0) is 6.54 Å². The Morgan fingerprint density at radius 3 is 2.55 bits per heavy atom. The number of hydrogen-bond donors (Lipinski definition) is 1. The van der Waals surface area contributed by atoms with E-state index in [9.17, 15) is 0 Å². The summed E-state index contributed by atoms with van der Waals surface area (Å²) in [6, 6.07) is 0. The van der Waals surface area contributed by atoms with Crippen molar-refractivity contribution in [2.75, 3.05) is 39.1 Å². The molecule has 0 aliphatic heterocycles. The van der Waals surface area contributed by atoms with Crippen LogP contribution in [-0.4, -0.2) is 54.6 Å². The van der Waals surface area contributed by atoms with Crippen LogP contribution in [0, 0.1) is 0 Å². The highest BCUT2D eigenvalue weighted by Gasteiger charge is 2.40. The van der Waals surface area contributed by atoms with E-state index in [0.29, 0.717) is 5.54 Å². The number of likely N-dealkylation sites (N-methyl/N-ethyl adjacent to an activating group) is 2. The van der Waals surface area contributed by atoms with Gasteiger partial charge in [-0.25, -0.2) is 4.98 Å². The maximum atomic E-state index is 4.69. The smallest absolute Gasteiger partial charge is 0.147 e. The van der Waals surface area contributed by atoms with Crippen molar-refractivity contribution in [2.45, 2.75) is 38.3 Å². The lowest BCUT2D eigenvalue weighted by atomic mass is 9.75. The van der Waals surface area contributed by atoms with Crippen LogP contribution in [0.25, 0.3) is 0 Å².